The third-order valence-corrected chi connectivity index (χ3v) is 3.33. The Morgan fingerprint density at radius 2 is 1.38 bits per heavy atom. The molecule has 0 aromatic heterocycles. The predicted octanol–water partition coefficient (Wildman–Crippen LogP) is 6.12. The molecule has 0 amide bonds. The van der Waals surface area contributed by atoms with E-state index in [1.165, 1.54) is 64.2 Å². The van der Waals surface area contributed by atoms with Crippen LogP contribution in [0.3, 0.4) is 0 Å². The normalized spacial score (nSPS) is 13.4. The lowest BCUT2D eigenvalue weighted by Gasteiger charge is -2.01. The van der Waals surface area contributed by atoms with Crippen molar-refractivity contribution in [2.75, 3.05) is 0 Å². The first-order chi connectivity index (χ1) is 7.81. The largest absolute Gasteiger partial charge is 0.0883 e. The second kappa shape index (κ2) is 12.8. The lowest BCUT2D eigenvalue weighted by molar-refractivity contribution is 0.577. The number of unbranched alkanes of at least 4 members (excludes halogenated alkanes) is 8. The first kappa shape index (κ1) is 15.7. The molecule has 0 radical (unpaired) electrons. The molecule has 0 aliphatic heterocycles. The maximum atomic E-state index is 2.38. The van der Waals surface area contributed by atoms with Crippen LogP contribution in [-0.4, -0.2) is 0 Å². The smallest absolute Gasteiger partial charge is 0.0265 e. The number of rotatable bonds is 11. The van der Waals surface area contributed by atoms with E-state index in [4.69, 9.17) is 0 Å². The average Bonchev–Trinajstić information content (AvgIpc) is 2.31. The van der Waals surface area contributed by atoms with Crippen LogP contribution in [0.15, 0.2) is 12.2 Å². The van der Waals surface area contributed by atoms with Crippen LogP contribution >= 0.6 is 0 Å². The zero-order valence-electron chi connectivity index (χ0n) is 11.8. The van der Waals surface area contributed by atoms with Crippen LogP contribution in [-0.2, 0) is 0 Å². The highest BCUT2D eigenvalue weighted by Crippen LogP contribution is 2.10. The SMILES string of the molecule is CCCCCCCCCCC=CC(C)CC. The van der Waals surface area contributed by atoms with E-state index in [0.29, 0.717) is 0 Å². The summed E-state index contributed by atoms with van der Waals surface area (Å²) >= 11 is 0. The second-order valence-electron chi connectivity index (χ2n) is 5.08. The number of allylic oxidation sites excluding steroid dienone is 2. The van der Waals surface area contributed by atoms with Crippen LogP contribution in [0.4, 0.5) is 0 Å². The van der Waals surface area contributed by atoms with E-state index in [-0.39, 0.29) is 0 Å². The van der Waals surface area contributed by atoms with E-state index in [1.807, 2.05) is 0 Å². The summed E-state index contributed by atoms with van der Waals surface area (Å²) in [6.45, 7) is 6.83. The van der Waals surface area contributed by atoms with E-state index in [2.05, 4.69) is 32.9 Å². The monoisotopic (exact) mass is 224 g/mol. The fourth-order valence-electron chi connectivity index (χ4n) is 1.86. The second-order valence-corrected chi connectivity index (χ2v) is 5.08. The van der Waals surface area contributed by atoms with Crippen LogP contribution in [0.2, 0.25) is 0 Å². The summed E-state index contributed by atoms with van der Waals surface area (Å²) < 4.78 is 0. The van der Waals surface area contributed by atoms with E-state index in [0.717, 1.165) is 5.92 Å². The Bertz CT molecular complexity index is 146. The molecule has 0 aliphatic carbocycles. The Morgan fingerprint density at radius 1 is 0.812 bits per heavy atom. The van der Waals surface area contributed by atoms with E-state index in [9.17, 15) is 0 Å². The quantitative estimate of drug-likeness (QED) is 0.293. The van der Waals surface area contributed by atoms with Gasteiger partial charge in [0.15, 0.2) is 0 Å². The summed E-state index contributed by atoms with van der Waals surface area (Å²) in [5.74, 6) is 0.772. The third kappa shape index (κ3) is 11.8. The molecule has 0 nitrogen and oxygen atoms in total. The summed E-state index contributed by atoms with van der Waals surface area (Å²) in [5, 5.41) is 0. The summed E-state index contributed by atoms with van der Waals surface area (Å²) in [7, 11) is 0. The van der Waals surface area contributed by atoms with Gasteiger partial charge in [-0.05, 0) is 18.8 Å². The fraction of sp³-hybridized carbons (Fsp3) is 0.875. The van der Waals surface area contributed by atoms with Crippen LogP contribution in [0, 0.1) is 5.92 Å². The van der Waals surface area contributed by atoms with Gasteiger partial charge in [-0.3, -0.25) is 0 Å². The van der Waals surface area contributed by atoms with Crippen molar-refractivity contribution in [2.24, 2.45) is 5.92 Å². The van der Waals surface area contributed by atoms with Crippen molar-refractivity contribution in [2.45, 2.75) is 85.0 Å². The third-order valence-electron chi connectivity index (χ3n) is 3.33. The van der Waals surface area contributed by atoms with Gasteiger partial charge >= 0.3 is 0 Å². The molecule has 1 unspecified atom stereocenters. The summed E-state index contributed by atoms with van der Waals surface area (Å²) in [4.78, 5) is 0. The van der Waals surface area contributed by atoms with Crippen molar-refractivity contribution >= 4 is 0 Å². The van der Waals surface area contributed by atoms with Crippen molar-refractivity contribution < 1.29 is 0 Å². The molecule has 1 atom stereocenters. The van der Waals surface area contributed by atoms with Gasteiger partial charge in [0.25, 0.3) is 0 Å². The number of hydrogen-bond donors (Lipinski definition) is 0. The van der Waals surface area contributed by atoms with Crippen LogP contribution in [0.1, 0.15) is 85.0 Å². The van der Waals surface area contributed by atoms with Crippen molar-refractivity contribution in [3.8, 4) is 0 Å². The minimum absolute atomic E-state index is 0.772. The molecule has 0 heterocycles. The highest BCUT2D eigenvalue weighted by Gasteiger charge is 1.92. The van der Waals surface area contributed by atoms with E-state index < -0.39 is 0 Å². The van der Waals surface area contributed by atoms with Crippen molar-refractivity contribution in [3.63, 3.8) is 0 Å². The Kier molecular flexibility index (Phi) is 12.6. The molecule has 0 aromatic rings. The van der Waals surface area contributed by atoms with Gasteiger partial charge in [0, 0.05) is 0 Å². The maximum absolute atomic E-state index is 2.38. The molecule has 0 N–H and O–H groups in total. The molecule has 0 fully saturated rings. The average molecular weight is 224 g/mol. The van der Waals surface area contributed by atoms with Crippen LogP contribution in [0.25, 0.3) is 0 Å². The minimum atomic E-state index is 0.772. The Balaban J connectivity index is 3.06. The Hall–Kier alpha value is -0.260. The number of hydrogen-bond acceptors (Lipinski definition) is 0. The van der Waals surface area contributed by atoms with E-state index in [1.54, 1.807) is 0 Å². The highest BCUT2D eigenvalue weighted by atomic mass is 14.0. The minimum Gasteiger partial charge on any atom is -0.0883 e. The fourth-order valence-corrected chi connectivity index (χ4v) is 1.86. The summed E-state index contributed by atoms with van der Waals surface area (Å²) in [6, 6.07) is 0. The summed E-state index contributed by atoms with van der Waals surface area (Å²) in [6.07, 6.45) is 18.7. The van der Waals surface area contributed by atoms with Crippen molar-refractivity contribution in [1.82, 2.24) is 0 Å². The molecule has 0 saturated heterocycles. The first-order valence-corrected chi connectivity index (χ1v) is 7.47. The molecule has 0 aromatic carbocycles. The predicted molar refractivity (Wildman–Crippen MR) is 75.8 cm³/mol. The highest BCUT2D eigenvalue weighted by molar-refractivity contribution is 4.85. The molecule has 0 bridgehead atoms. The van der Waals surface area contributed by atoms with Gasteiger partial charge in [0.2, 0.25) is 0 Å². The standard InChI is InChI=1S/C16H32/c1-4-6-7-8-9-10-11-12-13-14-15-16(3)5-2/h14-16H,4-13H2,1-3H3. The van der Waals surface area contributed by atoms with Gasteiger partial charge in [-0.1, -0.05) is 84.3 Å². The van der Waals surface area contributed by atoms with Gasteiger partial charge in [-0.2, -0.15) is 0 Å². The topological polar surface area (TPSA) is 0 Å². The molecule has 0 spiro atoms. The van der Waals surface area contributed by atoms with E-state index >= 15 is 0 Å². The van der Waals surface area contributed by atoms with Crippen molar-refractivity contribution in [3.05, 3.63) is 12.2 Å². The molecule has 0 rings (SSSR count). The van der Waals surface area contributed by atoms with Gasteiger partial charge in [-0.15, -0.1) is 0 Å². The zero-order chi connectivity index (χ0) is 12.1. The van der Waals surface area contributed by atoms with Gasteiger partial charge < -0.3 is 0 Å². The molecule has 96 valence electrons. The molecular weight excluding hydrogens is 192 g/mol. The lowest BCUT2D eigenvalue weighted by atomic mass is 10.1. The Labute approximate surface area is 104 Å². The molecule has 0 heteroatoms. The first-order valence-electron chi connectivity index (χ1n) is 7.47. The maximum Gasteiger partial charge on any atom is -0.0265 e. The van der Waals surface area contributed by atoms with Crippen molar-refractivity contribution in [1.29, 1.82) is 0 Å². The molecule has 0 aliphatic rings. The zero-order valence-corrected chi connectivity index (χ0v) is 11.8. The lowest BCUT2D eigenvalue weighted by Crippen LogP contribution is -1.84. The molecular formula is C16H32. The Morgan fingerprint density at radius 3 is 1.94 bits per heavy atom. The molecule has 0 saturated carbocycles. The van der Waals surface area contributed by atoms with Crippen LogP contribution < -0.4 is 0 Å². The summed E-state index contributed by atoms with van der Waals surface area (Å²) in [5.41, 5.74) is 0. The van der Waals surface area contributed by atoms with Gasteiger partial charge in [0.1, 0.15) is 0 Å². The van der Waals surface area contributed by atoms with Gasteiger partial charge in [-0.25, -0.2) is 0 Å². The van der Waals surface area contributed by atoms with Gasteiger partial charge in [0.05, 0.1) is 0 Å². The van der Waals surface area contributed by atoms with Crippen LogP contribution in [0.5, 0.6) is 0 Å². The molecule has 16 heavy (non-hydrogen) atoms.